The van der Waals surface area contributed by atoms with Gasteiger partial charge in [0, 0.05) is 11.9 Å². The van der Waals surface area contributed by atoms with E-state index in [0.717, 1.165) is 27.9 Å². The zero-order valence-electron chi connectivity index (χ0n) is 19.9. The van der Waals surface area contributed by atoms with Crippen molar-refractivity contribution in [3.05, 3.63) is 52.7 Å². The van der Waals surface area contributed by atoms with E-state index in [1.807, 2.05) is 39.0 Å². The van der Waals surface area contributed by atoms with Crippen molar-refractivity contribution in [3.8, 4) is 10.4 Å². The van der Waals surface area contributed by atoms with Crippen LogP contribution in [0.25, 0.3) is 10.4 Å². The maximum Gasteiger partial charge on any atom is 0.309 e. The third-order valence-corrected chi connectivity index (χ3v) is 8.42. The van der Waals surface area contributed by atoms with Gasteiger partial charge in [0.15, 0.2) is 5.82 Å². The number of nitrogens with one attached hydrogen (secondary N) is 1. The van der Waals surface area contributed by atoms with Gasteiger partial charge in [0.1, 0.15) is 10.6 Å². The highest BCUT2D eigenvalue weighted by Crippen LogP contribution is 2.56. The quantitative estimate of drug-likeness (QED) is 0.433. The molecule has 0 radical (unpaired) electrons. The second kappa shape index (κ2) is 8.39. The molecule has 9 heteroatoms. The van der Waals surface area contributed by atoms with E-state index < -0.39 is 28.2 Å². The largest absolute Gasteiger partial charge is 0.481 e. The summed E-state index contributed by atoms with van der Waals surface area (Å²) in [6.45, 7) is 9.11. The third kappa shape index (κ3) is 4.30. The van der Waals surface area contributed by atoms with Gasteiger partial charge >= 0.3 is 5.97 Å². The monoisotopic (exact) mass is 484 g/mol. The molecule has 2 heterocycles. The SMILES string of the molecule is Cc1cc(Nc2ncc(F)c(C)n2)cc(-c2cnc([C@@]3(O)CC[C@](C)(C(=O)O)C(C)(C)C3)s2)c1. The summed E-state index contributed by atoms with van der Waals surface area (Å²) in [5, 5.41) is 25.0. The van der Waals surface area contributed by atoms with Gasteiger partial charge < -0.3 is 15.5 Å². The average Bonchev–Trinajstić information content (AvgIpc) is 3.24. The molecular weight excluding hydrogens is 455 g/mol. The van der Waals surface area contributed by atoms with Gasteiger partial charge in [-0.2, -0.15) is 0 Å². The van der Waals surface area contributed by atoms with Crippen LogP contribution in [-0.4, -0.2) is 31.1 Å². The van der Waals surface area contributed by atoms with Crippen LogP contribution in [0.1, 0.15) is 56.3 Å². The molecule has 1 saturated carbocycles. The predicted molar refractivity (Wildman–Crippen MR) is 130 cm³/mol. The number of aliphatic carboxylic acids is 1. The molecule has 0 saturated heterocycles. The highest BCUT2D eigenvalue weighted by molar-refractivity contribution is 7.15. The van der Waals surface area contributed by atoms with Crippen molar-refractivity contribution in [3.63, 3.8) is 0 Å². The van der Waals surface area contributed by atoms with Gasteiger partial charge in [-0.25, -0.2) is 19.3 Å². The second-order valence-corrected chi connectivity index (χ2v) is 11.1. The first-order valence-electron chi connectivity index (χ1n) is 11.1. The van der Waals surface area contributed by atoms with Crippen LogP contribution in [0.2, 0.25) is 0 Å². The zero-order valence-corrected chi connectivity index (χ0v) is 20.8. The van der Waals surface area contributed by atoms with E-state index in [1.165, 1.54) is 11.3 Å². The topological polar surface area (TPSA) is 108 Å². The number of rotatable bonds is 5. The van der Waals surface area contributed by atoms with Crippen LogP contribution in [0.4, 0.5) is 16.0 Å². The zero-order chi connectivity index (χ0) is 24.9. The molecule has 7 nitrogen and oxygen atoms in total. The molecular formula is C25H29FN4O3S. The summed E-state index contributed by atoms with van der Waals surface area (Å²) in [6.07, 6.45) is 3.91. The van der Waals surface area contributed by atoms with E-state index >= 15 is 0 Å². The average molecular weight is 485 g/mol. The molecule has 0 aliphatic heterocycles. The van der Waals surface area contributed by atoms with Crippen molar-refractivity contribution in [2.45, 2.75) is 59.5 Å². The van der Waals surface area contributed by atoms with Gasteiger partial charge in [0.05, 0.1) is 22.2 Å². The summed E-state index contributed by atoms with van der Waals surface area (Å²) in [6, 6.07) is 5.90. The molecule has 0 bridgehead atoms. The van der Waals surface area contributed by atoms with E-state index in [0.29, 0.717) is 30.2 Å². The Morgan fingerprint density at radius 2 is 1.85 bits per heavy atom. The van der Waals surface area contributed by atoms with Crippen molar-refractivity contribution in [1.29, 1.82) is 0 Å². The van der Waals surface area contributed by atoms with Gasteiger partial charge in [-0.3, -0.25) is 4.79 Å². The van der Waals surface area contributed by atoms with Gasteiger partial charge in [-0.1, -0.05) is 19.9 Å². The van der Waals surface area contributed by atoms with Crippen LogP contribution >= 0.6 is 11.3 Å². The minimum absolute atomic E-state index is 0.264. The molecule has 0 unspecified atom stereocenters. The molecule has 4 rings (SSSR count). The lowest BCUT2D eigenvalue weighted by Gasteiger charge is -2.50. The molecule has 0 amide bonds. The van der Waals surface area contributed by atoms with Gasteiger partial charge in [-0.05, 0) is 68.7 Å². The molecule has 2 atom stereocenters. The molecule has 0 spiro atoms. The summed E-state index contributed by atoms with van der Waals surface area (Å²) in [7, 11) is 0. The molecule has 3 aromatic rings. The van der Waals surface area contributed by atoms with Crippen LogP contribution in [0.15, 0.2) is 30.6 Å². The number of anilines is 2. The summed E-state index contributed by atoms with van der Waals surface area (Å²) < 4.78 is 13.5. The number of carbonyl (C=O) groups is 1. The Hall–Kier alpha value is -2.91. The third-order valence-electron chi connectivity index (χ3n) is 7.18. The summed E-state index contributed by atoms with van der Waals surface area (Å²) >= 11 is 1.41. The Bertz CT molecular complexity index is 1260. The molecule has 1 fully saturated rings. The summed E-state index contributed by atoms with van der Waals surface area (Å²) in [5.74, 6) is -0.986. The maximum atomic E-state index is 13.5. The number of thiazole rings is 1. The molecule has 1 aliphatic carbocycles. The number of aromatic nitrogens is 3. The highest BCUT2D eigenvalue weighted by Gasteiger charge is 2.56. The van der Waals surface area contributed by atoms with Crippen molar-refractivity contribution in [2.24, 2.45) is 10.8 Å². The number of benzene rings is 1. The fraction of sp³-hybridized carbons (Fsp3) is 0.440. The Labute approximate surface area is 202 Å². The van der Waals surface area contributed by atoms with Crippen molar-refractivity contribution in [1.82, 2.24) is 15.0 Å². The Kier molecular flexibility index (Phi) is 5.98. The lowest BCUT2D eigenvalue weighted by molar-refractivity contribution is -0.170. The number of aryl methyl sites for hydroxylation is 2. The highest BCUT2D eigenvalue weighted by atomic mass is 32.1. The number of carboxylic acids is 1. The fourth-order valence-corrected chi connectivity index (χ4v) is 5.67. The van der Waals surface area contributed by atoms with Crippen molar-refractivity contribution >= 4 is 28.9 Å². The van der Waals surface area contributed by atoms with E-state index in [9.17, 15) is 19.4 Å². The molecule has 1 aliphatic rings. The summed E-state index contributed by atoms with van der Waals surface area (Å²) in [5.41, 5.74) is 0.252. The number of aliphatic hydroxyl groups is 1. The van der Waals surface area contributed by atoms with Crippen LogP contribution < -0.4 is 5.32 Å². The smallest absolute Gasteiger partial charge is 0.309 e. The first kappa shape index (κ1) is 24.2. The van der Waals surface area contributed by atoms with Gasteiger partial charge in [0.2, 0.25) is 5.95 Å². The minimum Gasteiger partial charge on any atom is -0.481 e. The minimum atomic E-state index is -1.17. The Balaban J connectivity index is 1.61. The van der Waals surface area contributed by atoms with E-state index in [1.54, 1.807) is 20.0 Å². The normalized spacial score (nSPS) is 24.1. The lowest BCUT2D eigenvalue weighted by Crippen LogP contribution is -2.51. The molecule has 3 N–H and O–H groups in total. The standard InChI is InChI=1S/C25H29FN4O3S/c1-14-8-16(10-17(9-14)30-22-28-11-18(26)15(2)29-22)19-12-27-20(34-19)25(33)7-6-24(5,21(31)32)23(3,4)13-25/h8-12,33H,6-7,13H2,1-5H3,(H,31,32)(H,28,29,30)/t24-,25-/m1/s1. The molecule has 34 heavy (non-hydrogen) atoms. The number of halogens is 1. The van der Waals surface area contributed by atoms with Crippen LogP contribution in [0.3, 0.4) is 0 Å². The Morgan fingerprint density at radius 1 is 1.12 bits per heavy atom. The second-order valence-electron chi connectivity index (χ2n) is 10.1. The molecule has 180 valence electrons. The summed E-state index contributed by atoms with van der Waals surface area (Å²) in [4.78, 5) is 25.5. The lowest BCUT2D eigenvalue weighted by atomic mass is 9.55. The fourth-order valence-electron chi connectivity index (χ4n) is 4.65. The van der Waals surface area contributed by atoms with Crippen LogP contribution in [0, 0.1) is 30.5 Å². The molecule has 1 aromatic carbocycles. The van der Waals surface area contributed by atoms with Crippen molar-refractivity contribution in [2.75, 3.05) is 5.32 Å². The Morgan fingerprint density at radius 3 is 2.50 bits per heavy atom. The number of hydrogen-bond donors (Lipinski definition) is 3. The maximum absolute atomic E-state index is 13.5. The number of nitrogens with zero attached hydrogens (tertiary/aromatic N) is 3. The van der Waals surface area contributed by atoms with Crippen LogP contribution in [-0.2, 0) is 10.4 Å². The first-order chi connectivity index (χ1) is 15.8. The van der Waals surface area contributed by atoms with E-state index in [2.05, 4.69) is 20.3 Å². The van der Waals surface area contributed by atoms with E-state index in [-0.39, 0.29) is 5.69 Å². The van der Waals surface area contributed by atoms with Crippen LogP contribution in [0.5, 0.6) is 0 Å². The first-order valence-corrected chi connectivity index (χ1v) is 11.9. The van der Waals surface area contributed by atoms with Gasteiger partial charge in [-0.15, -0.1) is 11.3 Å². The van der Waals surface area contributed by atoms with E-state index in [4.69, 9.17) is 0 Å². The van der Waals surface area contributed by atoms with Gasteiger partial charge in [0.25, 0.3) is 0 Å². The van der Waals surface area contributed by atoms with Crippen molar-refractivity contribution < 1.29 is 19.4 Å². The number of hydrogen-bond acceptors (Lipinski definition) is 7. The number of carboxylic acid groups (broad SMARTS) is 1. The predicted octanol–water partition coefficient (Wildman–Crippen LogP) is 5.59. The molecule has 2 aromatic heterocycles.